The normalized spacial score (nSPS) is 10.8. The maximum absolute atomic E-state index is 5.80. The number of ether oxygens (including phenoxy) is 1. The molecular weight excluding hydrogens is 342 g/mol. The molecule has 0 saturated heterocycles. The SMILES string of the molecule is Cc1cc(-c2ncco2)ccc1COCc1ccc(Br)cc1. The van der Waals surface area contributed by atoms with E-state index in [1.165, 1.54) is 11.1 Å². The minimum atomic E-state index is 0.591. The first-order valence-electron chi connectivity index (χ1n) is 7.04. The number of rotatable bonds is 5. The Labute approximate surface area is 138 Å². The maximum atomic E-state index is 5.80. The maximum Gasteiger partial charge on any atom is 0.225 e. The van der Waals surface area contributed by atoms with Gasteiger partial charge in [0.25, 0.3) is 0 Å². The van der Waals surface area contributed by atoms with Crippen molar-refractivity contribution in [3.8, 4) is 11.5 Å². The minimum absolute atomic E-state index is 0.591. The lowest BCUT2D eigenvalue weighted by Crippen LogP contribution is -1.96. The van der Waals surface area contributed by atoms with Crippen LogP contribution in [0.5, 0.6) is 0 Å². The van der Waals surface area contributed by atoms with Crippen molar-refractivity contribution in [3.05, 3.63) is 76.1 Å². The molecule has 112 valence electrons. The minimum Gasteiger partial charge on any atom is -0.445 e. The number of hydrogen-bond donors (Lipinski definition) is 0. The van der Waals surface area contributed by atoms with Crippen LogP contribution in [0.1, 0.15) is 16.7 Å². The Balaban J connectivity index is 1.62. The molecule has 22 heavy (non-hydrogen) atoms. The molecule has 4 heteroatoms. The molecule has 0 aliphatic heterocycles. The zero-order valence-corrected chi connectivity index (χ0v) is 13.8. The van der Waals surface area contributed by atoms with Gasteiger partial charge in [-0.3, -0.25) is 0 Å². The third kappa shape index (κ3) is 3.64. The third-order valence-electron chi connectivity index (χ3n) is 3.46. The van der Waals surface area contributed by atoms with E-state index < -0.39 is 0 Å². The van der Waals surface area contributed by atoms with Crippen molar-refractivity contribution in [1.82, 2.24) is 4.98 Å². The predicted molar refractivity (Wildman–Crippen MR) is 89.3 cm³/mol. The third-order valence-corrected chi connectivity index (χ3v) is 3.99. The zero-order valence-electron chi connectivity index (χ0n) is 12.3. The molecule has 1 aromatic heterocycles. The fourth-order valence-corrected chi connectivity index (χ4v) is 2.48. The Kier molecular flexibility index (Phi) is 4.71. The average Bonchev–Trinajstić information content (AvgIpc) is 3.05. The van der Waals surface area contributed by atoms with Crippen molar-refractivity contribution in [3.63, 3.8) is 0 Å². The van der Waals surface area contributed by atoms with Crippen LogP contribution in [0.3, 0.4) is 0 Å². The van der Waals surface area contributed by atoms with E-state index in [9.17, 15) is 0 Å². The van der Waals surface area contributed by atoms with Crippen LogP contribution in [0, 0.1) is 6.92 Å². The molecule has 0 radical (unpaired) electrons. The molecule has 3 aromatic rings. The molecule has 0 spiro atoms. The van der Waals surface area contributed by atoms with Crippen LogP contribution in [0.25, 0.3) is 11.5 Å². The van der Waals surface area contributed by atoms with Crippen LogP contribution in [0.4, 0.5) is 0 Å². The molecular formula is C18H16BrNO2. The number of benzene rings is 2. The van der Waals surface area contributed by atoms with Crippen molar-refractivity contribution < 1.29 is 9.15 Å². The fourth-order valence-electron chi connectivity index (χ4n) is 2.22. The number of aromatic nitrogens is 1. The number of nitrogens with zero attached hydrogens (tertiary/aromatic N) is 1. The van der Waals surface area contributed by atoms with E-state index in [-0.39, 0.29) is 0 Å². The monoisotopic (exact) mass is 357 g/mol. The number of halogens is 1. The van der Waals surface area contributed by atoms with Gasteiger partial charge in [-0.25, -0.2) is 4.98 Å². The molecule has 0 fully saturated rings. The smallest absolute Gasteiger partial charge is 0.225 e. The molecule has 0 amide bonds. The lowest BCUT2D eigenvalue weighted by molar-refractivity contribution is 0.107. The summed E-state index contributed by atoms with van der Waals surface area (Å²) in [6, 6.07) is 14.3. The van der Waals surface area contributed by atoms with Crippen LogP contribution >= 0.6 is 15.9 Å². The first-order chi connectivity index (χ1) is 10.7. The first-order valence-corrected chi connectivity index (χ1v) is 7.83. The van der Waals surface area contributed by atoms with Crippen molar-refractivity contribution >= 4 is 15.9 Å². The highest BCUT2D eigenvalue weighted by Gasteiger charge is 2.06. The molecule has 3 rings (SSSR count). The second kappa shape index (κ2) is 6.90. The summed E-state index contributed by atoms with van der Waals surface area (Å²) in [6.07, 6.45) is 3.24. The molecule has 0 N–H and O–H groups in total. The quantitative estimate of drug-likeness (QED) is 0.634. The van der Waals surface area contributed by atoms with Gasteiger partial charge in [0.1, 0.15) is 6.26 Å². The Morgan fingerprint density at radius 1 is 1.09 bits per heavy atom. The van der Waals surface area contributed by atoms with Gasteiger partial charge in [-0.05, 0) is 47.9 Å². The summed E-state index contributed by atoms with van der Waals surface area (Å²) in [7, 11) is 0. The molecule has 3 nitrogen and oxygen atoms in total. The van der Waals surface area contributed by atoms with E-state index in [0.29, 0.717) is 19.1 Å². The van der Waals surface area contributed by atoms with Gasteiger partial charge in [0.15, 0.2) is 0 Å². The van der Waals surface area contributed by atoms with Gasteiger partial charge in [0, 0.05) is 10.0 Å². The molecule has 0 unspecified atom stereocenters. The van der Waals surface area contributed by atoms with Gasteiger partial charge in [-0.1, -0.05) is 34.1 Å². The first kappa shape index (κ1) is 15.0. The highest BCUT2D eigenvalue weighted by Crippen LogP contribution is 2.21. The van der Waals surface area contributed by atoms with E-state index in [1.807, 2.05) is 18.2 Å². The Hall–Kier alpha value is -1.91. The Morgan fingerprint density at radius 2 is 1.91 bits per heavy atom. The largest absolute Gasteiger partial charge is 0.445 e. The zero-order chi connectivity index (χ0) is 15.4. The molecule has 1 heterocycles. The van der Waals surface area contributed by atoms with Crippen LogP contribution in [-0.4, -0.2) is 4.98 Å². The Bertz CT molecular complexity index is 736. The van der Waals surface area contributed by atoms with Gasteiger partial charge in [-0.15, -0.1) is 0 Å². The van der Waals surface area contributed by atoms with E-state index >= 15 is 0 Å². The fraction of sp³-hybridized carbons (Fsp3) is 0.167. The summed E-state index contributed by atoms with van der Waals surface area (Å²) in [6.45, 7) is 3.27. The number of aryl methyl sites for hydroxylation is 1. The molecule has 0 aliphatic rings. The van der Waals surface area contributed by atoms with Crippen molar-refractivity contribution in [2.24, 2.45) is 0 Å². The Morgan fingerprint density at radius 3 is 2.59 bits per heavy atom. The molecule has 0 bridgehead atoms. The van der Waals surface area contributed by atoms with Crippen molar-refractivity contribution in [1.29, 1.82) is 0 Å². The van der Waals surface area contributed by atoms with E-state index in [2.05, 4.69) is 52.1 Å². The van der Waals surface area contributed by atoms with Crippen molar-refractivity contribution in [2.45, 2.75) is 20.1 Å². The van der Waals surface area contributed by atoms with Gasteiger partial charge in [-0.2, -0.15) is 0 Å². The van der Waals surface area contributed by atoms with E-state index in [4.69, 9.17) is 9.15 Å². The number of oxazole rings is 1. The summed E-state index contributed by atoms with van der Waals surface area (Å²) in [5.41, 5.74) is 4.50. The standard InChI is InChI=1S/C18H16BrNO2/c1-13-10-15(18-20-8-9-22-18)4-5-16(13)12-21-11-14-2-6-17(19)7-3-14/h2-10H,11-12H2,1H3. The lowest BCUT2D eigenvalue weighted by Gasteiger charge is -2.09. The van der Waals surface area contributed by atoms with E-state index in [1.54, 1.807) is 12.5 Å². The molecule has 0 saturated carbocycles. The molecule has 0 atom stereocenters. The second-order valence-electron chi connectivity index (χ2n) is 5.10. The topological polar surface area (TPSA) is 35.3 Å². The van der Waals surface area contributed by atoms with Gasteiger partial charge in [0.05, 0.1) is 19.4 Å². The summed E-state index contributed by atoms with van der Waals surface area (Å²) < 4.78 is 12.2. The lowest BCUT2D eigenvalue weighted by atomic mass is 10.1. The second-order valence-corrected chi connectivity index (χ2v) is 6.01. The summed E-state index contributed by atoms with van der Waals surface area (Å²) >= 11 is 3.43. The van der Waals surface area contributed by atoms with Gasteiger partial charge in [0.2, 0.25) is 5.89 Å². The van der Waals surface area contributed by atoms with Crippen molar-refractivity contribution in [2.75, 3.05) is 0 Å². The summed E-state index contributed by atoms with van der Waals surface area (Å²) in [4.78, 5) is 4.16. The highest BCUT2D eigenvalue weighted by molar-refractivity contribution is 9.10. The van der Waals surface area contributed by atoms with Crippen LogP contribution in [0.2, 0.25) is 0 Å². The molecule has 2 aromatic carbocycles. The van der Waals surface area contributed by atoms with Crippen LogP contribution in [-0.2, 0) is 18.0 Å². The number of hydrogen-bond acceptors (Lipinski definition) is 3. The van der Waals surface area contributed by atoms with Gasteiger partial charge < -0.3 is 9.15 Å². The average molecular weight is 358 g/mol. The van der Waals surface area contributed by atoms with Gasteiger partial charge >= 0.3 is 0 Å². The highest BCUT2D eigenvalue weighted by atomic mass is 79.9. The summed E-state index contributed by atoms with van der Waals surface area (Å²) in [5.74, 6) is 0.644. The summed E-state index contributed by atoms with van der Waals surface area (Å²) in [5, 5.41) is 0. The van der Waals surface area contributed by atoms with Crippen LogP contribution in [0.15, 0.2) is 63.8 Å². The predicted octanol–water partition coefficient (Wildman–Crippen LogP) is 5.13. The molecule has 0 aliphatic carbocycles. The van der Waals surface area contributed by atoms with E-state index in [0.717, 1.165) is 15.6 Å². The van der Waals surface area contributed by atoms with Crippen LogP contribution < -0.4 is 0 Å².